The average Bonchev–Trinajstić information content (AvgIpc) is 2.66. The summed E-state index contributed by atoms with van der Waals surface area (Å²) in [7, 11) is 0. The summed E-state index contributed by atoms with van der Waals surface area (Å²) in [6.07, 6.45) is 7.37. The number of hydrogen-bond donors (Lipinski definition) is 1. The number of nitrogens with one attached hydrogen (secondary N) is 1. The molecule has 1 rings (SSSR count). The van der Waals surface area contributed by atoms with Gasteiger partial charge in [-0.25, -0.2) is 4.98 Å². The largest absolute Gasteiger partial charge is 0.342 e. The van der Waals surface area contributed by atoms with Crippen molar-refractivity contribution in [2.24, 2.45) is 0 Å². The van der Waals surface area contributed by atoms with Crippen LogP contribution < -0.4 is 0 Å². The van der Waals surface area contributed by atoms with Crippen LogP contribution in [-0.2, 0) is 0 Å². The molecule has 0 amide bonds. The molecule has 0 bridgehead atoms. The van der Waals surface area contributed by atoms with E-state index in [1.165, 1.54) is 5.69 Å². The van der Waals surface area contributed by atoms with Crippen LogP contribution in [0.2, 0.25) is 0 Å². The van der Waals surface area contributed by atoms with Gasteiger partial charge in [0.05, 0.1) is 0 Å². The highest BCUT2D eigenvalue weighted by atomic mass is 14.9. The maximum atomic E-state index is 4.18. The van der Waals surface area contributed by atoms with Crippen LogP contribution in [-0.4, -0.2) is 9.97 Å². The van der Waals surface area contributed by atoms with E-state index in [9.17, 15) is 0 Å². The molecule has 1 N–H and O–H groups in total. The van der Waals surface area contributed by atoms with Crippen molar-refractivity contribution in [1.29, 1.82) is 0 Å². The van der Waals surface area contributed by atoms with Crippen LogP contribution in [0, 0.1) is 0 Å². The van der Waals surface area contributed by atoms with Crippen molar-refractivity contribution in [2.45, 2.75) is 33.6 Å². The maximum absolute atomic E-state index is 4.18. The molecule has 1 aromatic heterocycles. The van der Waals surface area contributed by atoms with Gasteiger partial charge in [-0.2, -0.15) is 0 Å². The van der Waals surface area contributed by atoms with Gasteiger partial charge in [-0.1, -0.05) is 46.4 Å². The molecule has 0 aliphatic rings. The second-order valence-corrected chi connectivity index (χ2v) is 2.97. The van der Waals surface area contributed by atoms with Crippen molar-refractivity contribution in [2.75, 3.05) is 0 Å². The van der Waals surface area contributed by atoms with Gasteiger partial charge in [0.15, 0.2) is 0 Å². The molecule has 2 nitrogen and oxygen atoms in total. The summed E-state index contributed by atoms with van der Waals surface area (Å²) in [5.41, 5.74) is 1.17. The Kier molecular flexibility index (Phi) is 6.46. The van der Waals surface area contributed by atoms with E-state index in [0.29, 0.717) is 5.92 Å². The van der Waals surface area contributed by atoms with Crippen molar-refractivity contribution < 1.29 is 0 Å². The molecule has 1 heterocycles. The zero-order chi connectivity index (χ0) is 11.0. The summed E-state index contributed by atoms with van der Waals surface area (Å²) in [5, 5.41) is 0. The van der Waals surface area contributed by atoms with Crippen LogP contribution in [0.1, 0.15) is 45.1 Å². The third-order valence-electron chi connectivity index (χ3n) is 1.63. The summed E-state index contributed by atoms with van der Waals surface area (Å²) in [6.45, 7) is 11.9. The van der Waals surface area contributed by atoms with E-state index in [0.717, 1.165) is 5.82 Å². The molecule has 0 saturated carbocycles. The van der Waals surface area contributed by atoms with Crippen LogP contribution in [0.25, 0.3) is 6.08 Å². The fraction of sp³-hybridized carbons (Fsp3) is 0.417. The number of rotatable bonds is 3. The average molecular weight is 192 g/mol. The van der Waals surface area contributed by atoms with Crippen LogP contribution in [0.3, 0.4) is 0 Å². The van der Waals surface area contributed by atoms with Crippen molar-refractivity contribution in [3.05, 3.63) is 36.4 Å². The van der Waals surface area contributed by atoms with Gasteiger partial charge in [0, 0.05) is 11.9 Å². The predicted octanol–water partition coefficient (Wildman–Crippen LogP) is 3.76. The van der Waals surface area contributed by atoms with E-state index in [-0.39, 0.29) is 0 Å². The Morgan fingerprint density at radius 3 is 2.50 bits per heavy atom. The Balaban J connectivity index is 0.000000791. The quantitative estimate of drug-likeness (QED) is 0.726. The molecule has 14 heavy (non-hydrogen) atoms. The molecule has 2 heteroatoms. The fourth-order valence-corrected chi connectivity index (χ4v) is 0.889. The van der Waals surface area contributed by atoms with Crippen molar-refractivity contribution >= 4 is 6.08 Å². The standard InChI is InChI=1S/C10H14N2.C2H6/c1-4-5-6-10-11-7-9(12-10)8(2)3;1-2/h4-8H,1H2,2-3H3,(H,11,12);1-2H3/b6-5-;. The van der Waals surface area contributed by atoms with E-state index < -0.39 is 0 Å². The monoisotopic (exact) mass is 192 g/mol. The number of imidazole rings is 1. The highest BCUT2D eigenvalue weighted by Gasteiger charge is 2.00. The molecular weight excluding hydrogens is 172 g/mol. The molecule has 0 saturated heterocycles. The van der Waals surface area contributed by atoms with Crippen LogP contribution in [0.4, 0.5) is 0 Å². The predicted molar refractivity (Wildman–Crippen MR) is 63.3 cm³/mol. The SMILES string of the molecule is C=C/C=C\c1ncc(C(C)C)[nH]1.CC. The van der Waals surface area contributed by atoms with Gasteiger partial charge >= 0.3 is 0 Å². The van der Waals surface area contributed by atoms with E-state index in [4.69, 9.17) is 0 Å². The summed E-state index contributed by atoms with van der Waals surface area (Å²) < 4.78 is 0. The van der Waals surface area contributed by atoms with Gasteiger partial charge in [-0.15, -0.1) is 0 Å². The Labute approximate surface area is 86.8 Å². The second kappa shape index (κ2) is 7.13. The summed E-state index contributed by atoms with van der Waals surface area (Å²) in [5.74, 6) is 1.39. The Morgan fingerprint density at radius 1 is 1.43 bits per heavy atom. The molecule has 1 aromatic rings. The zero-order valence-electron chi connectivity index (χ0n) is 9.54. The molecule has 0 spiro atoms. The third kappa shape index (κ3) is 4.08. The number of aromatic nitrogens is 2. The van der Waals surface area contributed by atoms with E-state index in [1.54, 1.807) is 6.08 Å². The molecule has 0 aliphatic heterocycles. The first-order chi connectivity index (χ1) is 6.74. The number of aromatic amines is 1. The lowest BCUT2D eigenvalue weighted by atomic mass is 10.2. The summed E-state index contributed by atoms with van der Waals surface area (Å²) in [6, 6.07) is 0. The minimum Gasteiger partial charge on any atom is -0.342 e. The molecule has 78 valence electrons. The highest BCUT2D eigenvalue weighted by Crippen LogP contribution is 2.11. The smallest absolute Gasteiger partial charge is 0.130 e. The first kappa shape index (κ1) is 12.7. The fourth-order valence-electron chi connectivity index (χ4n) is 0.889. The van der Waals surface area contributed by atoms with Crippen molar-refractivity contribution in [3.8, 4) is 0 Å². The number of hydrogen-bond acceptors (Lipinski definition) is 1. The molecule has 0 unspecified atom stereocenters. The van der Waals surface area contributed by atoms with Crippen LogP contribution >= 0.6 is 0 Å². The lowest BCUT2D eigenvalue weighted by Crippen LogP contribution is -1.85. The van der Waals surface area contributed by atoms with Gasteiger partial charge in [0.25, 0.3) is 0 Å². The first-order valence-corrected chi connectivity index (χ1v) is 5.08. The molecule has 0 radical (unpaired) electrons. The number of allylic oxidation sites excluding steroid dienone is 2. The summed E-state index contributed by atoms with van der Waals surface area (Å²) in [4.78, 5) is 7.39. The molecule has 0 aromatic carbocycles. The molecule has 0 atom stereocenters. The lowest BCUT2D eigenvalue weighted by Gasteiger charge is -1.96. The molecule has 0 aliphatic carbocycles. The van der Waals surface area contributed by atoms with Crippen molar-refractivity contribution in [1.82, 2.24) is 9.97 Å². The van der Waals surface area contributed by atoms with Crippen LogP contribution in [0.5, 0.6) is 0 Å². The number of nitrogens with zero attached hydrogens (tertiary/aromatic N) is 1. The van der Waals surface area contributed by atoms with Gasteiger partial charge in [0.1, 0.15) is 5.82 Å². The van der Waals surface area contributed by atoms with Gasteiger partial charge in [-0.05, 0) is 12.0 Å². The van der Waals surface area contributed by atoms with E-state index >= 15 is 0 Å². The maximum Gasteiger partial charge on any atom is 0.130 e. The van der Waals surface area contributed by atoms with Gasteiger partial charge in [-0.3, -0.25) is 0 Å². The van der Waals surface area contributed by atoms with Crippen LogP contribution in [0.15, 0.2) is 24.9 Å². The summed E-state index contributed by atoms with van der Waals surface area (Å²) >= 11 is 0. The van der Waals surface area contributed by atoms with Gasteiger partial charge < -0.3 is 4.98 Å². The zero-order valence-corrected chi connectivity index (χ0v) is 9.54. The first-order valence-electron chi connectivity index (χ1n) is 5.08. The lowest BCUT2D eigenvalue weighted by molar-refractivity contribution is 0.831. The second-order valence-electron chi connectivity index (χ2n) is 2.97. The van der Waals surface area contributed by atoms with Crippen molar-refractivity contribution in [3.63, 3.8) is 0 Å². The topological polar surface area (TPSA) is 28.7 Å². The Morgan fingerprint density at radius 2 is 2.07 bits per heavy atom. The minimum atomic E-state index is 0.503. The Hall–Kier alpha value is -1.31. The molecular formula is C12H20N2. The number of H-pyrrole nitrogens is 1. The van der Waals surface area contributed by atoms with E-state index in [2.05, 4.69) is 30.4 Å². The van der Waals surface area contributed by atoms with E-state index in [1.807, 2.05) is 32.2 Å². The normalized spacial score (nSPS) is 10.1. The minimum absolute atomic E-state index is 0.503. The molecule has 0 fully saturated rings. The van der Waals surface area contributed by atoms with Gasteiger partial charge in [0.2, 0.25) is 0 Å². The Bertz CT molecular complexity index is 282. The third-order valence-corrected chi connectivity index (χ3v) is 1.63. The highest BCUT2D eigenvalue weighted by molar-refractivity contribution is 5.42.